The molecule has 21 heavy (non-hydrogen) atoms. The third kappa shape index (κ3) is 3.82. The van der Waals surface area contributed by atoms with Gasteiger partial charge in [0.05, 0.1) is 22.0 Å². The van der Waals surface area contributed by atoms with Crippen LogP contribution in [0.1, 0.15) is 20.1 Å². The number of rotatable bonds is 2. The third-order valence-electron chi connectivity index (χ3n) is 2.62. The maximum absolute atomic E-state index is 13.6. The second kappa shape index (κ2) is 6.72. The van der Waals surface area contributed by atoms with Gasteiger partial charge in [0.25, 0.3) is 5.91 Å². The van der Waals surface area contributed by atoms with Gasteiger partial charge in [0.15, 0.2) is 0 Å². The molecule has 0 aliphatic rings. The van der Waals surface area contributed by atoms with Gasteiger partial charge in [-0.1, -0.05) is 23.4 Å². The minimum atomic E-state index is -0.577. The smallest absolute Gasteiger partial charge is 0.265 e. The molecule has 6 heteroatoms. The highest BCUT2D eigenvalue weighted by Crippen LogP contribution is 2.24. The summed E-state index contributed by atoms with van der Waals surface area (Å²) in [6.45, 7) is 2.12. The molecule has 1 amide bonds. The van der Waals surface area contributed by atoms with Gasteiger partial charge in [-0.2, -0.15) is 0 Å². The Bertz CT molecular complexity index is 746. The monoisotopic (exact) mass is 322 g/mol. The summed E-state index contributed by atoms with van der Waals surface area (Å²) in [5, 5.41) is 2.79. The molecule has 0 aliphatic carbocycles. The summed E-state index contributed by atoms with van der Waals surface area (Å²) in [6.07, 6.45) is 0. The Morgan fingerprint density at radius 1 is 1.48 bits per heavy atom. The van der Waals surface area contributed by atoms with Crippen molar-refractivity contribution in [1.29, 1.82) is 0 Å². The summed E-state index contributed by atoms with van der Waals surface area (Å²) < 4.78 is 13.6. The molecule has 2 aromatic rings. The first-order valence-corrected chi connectivity index (χ1v) is 7.26. The van der Waals surface area contributed by atoms with Crippen LogP contribution in [-0.2, 0) is 0 Å². The number of nitrogens with two attached hydrogens (primary N) is 1. The number of amides is 1. The normalized spacial score (nSPS) is 9.90. The van der Waals surface area contributed by atoms with Crippen molar-refractivity contribution in [2.45, 2.75) is 6.92 Å². The van der Waals surface area contributed by atoms with Crippen molar-refractivity contribution in [3.05, 3.63) is 50.4 Å². The van der Waals surface area contributed by atoms with Crippen LogP contribution in [0, 0.1) is 24.6 Å². The number of nitrogens with one attached hydrogen (secondary N) is 1. The number of hydrogen-bond donors (Lipinski definition) is 2. The molecule has 2 rings (SSSR count). The molecule has 0 atom stereocenters. The van der Waals surface area contributed by atoms with Gasteiger partial charge in [-0.05, 0) is 36.8 Å². The molecule has 1 aromatic heterocycles. The summed E-state index contributed by atoms with van der Waals surface area (Å²) >= 11 is 6.91. The Balaban J connectivity index is 2.21. The van der Waals surface area contributed by atoms with Crippen LogP contribution < -0.4 is 11.1 Å². The van der Waals surface area contributed by atoms with Crippen molar-refractivity contribution in [3.8, 4) is 11.8 Å². The summed E-state index contributed by atoms with van der Waals surface area (Å²) in [5.74, 6) is 4.69. The van der Waals surface area contributed by atoms with E-state index in [1.165, 1.54) is 23.5 Å². The molecule has 0 radical (unpaired) electrons. The number of carbonyl (C=O) groups excluding carboxylic acids is 1. The molecule has 108 valence electrons. The van der Waals surface area contributed by atoms with Crippen molar-refractivity contribution >= 4 is 34.5 Å². The Morgan fingerprint density at radius 3 is 2.90 bits per heavy atom. The Kier molecular flexibility index (Phi) is 4.97. The number of thiophene rings is 1. The van der Waals surface area contributed by atoms with Crippen LogP contribution in [0.4, 0.5) is 10.1 Å². The summed E-state index contributed by atoms with van der Waals surface area (Å²) in [4.78, 5) is 13.4. The number of aryl methyl sites for hydroxylation is 1. The van der Waals surface area contributed by atoms with Gasteiger partial charge < -0.3 is 11.1 Å². The first-order chi connectivity index (χ1) is 10.0. The molecule has 0 aliphatic heterocycles. The van der Waals surface area contributed by atoms with Gasteiger partial charge in [-0.3, -0.25) is 4.79 Å². The second-order valence-corrected chi connectivity index (χ2v) is 5.70. The van der Waals surface area contributed by atoms with Gasteiger partial charge >= 0.3 is 0 Å². The SMILES string of the molecule is Cc1cc(C(=O)Nc2ccc(Cl)cc2F)sc1C#CCN. The maximum atomic E-state index is 13.6. The van der Waals surface area contributed by atoms with E-state index < -0.39 is 5.82 Å². The zero-order valence-electron chi connectivity index (χ0n) is 11.2. The maximum Gasteiger partial charge on any atom is 0.265 e. The molecule has 0 spiro atoms. The van der Waals surface area contributed by atoms with Gasteiger partial charge in [0.1, 0.15) is 5.82 Å². The van der Waals surface area contributed by atoms with Crippen LogP contribution in [0.15, 0.2) is 24.3 Å². The highest BCUT2D eigenvalue weighted by Gasteiger charge is 2.13. The molecule has 1 aromatic carbocycles. The topological polar surface area (TPSA) is 55.1 Å². The fourth-order valence-corrected chi connectivity index (χ4v) is 2.73. The van der Waals surface area contributed by atoms with Crippen molar-refractivity contribution in [3.63, 3.8) is 0 Å². The lowest BCUT2D eigenvalue weighted by molar-refractivity contribution is 0.103. The van der Waals surface area contributed by atoms with Gasteiger partial charge in [0, 0.05) is 5.02 Å². The van der Waals surface area contributed by atoms with Gasteiger partial charge in [0.2, 0.25) is 0 Å². The number of benzene rings is 1. The highest BCUT2D eigenvalue weighted by molar-refractivity contribution is 7.14. The Labute approximate surface area is 130 Å². The Morgan fingerprint density at radius 2 is 2.24 bits per heavy atom. The molecular weight excluding hydrogens is 311 g/mol. The van der Waals surface area contributed by atoms with E-state index in [0.717, 1.165) is 16.5 Å². The quantitative estimate of drug-likeness (QED) is 0.832. The van der Waals surface area contributed by atoms with E-state index in [9.17, 15) is 9.18 Å². The lowest BCUT2D eigenvalue weighted by atomic mass is 10.2. The van der Waals surface area contributed by atoms with Crippen LogP contribution >= 0.6 is 22.9 Å². The predicted octanol–water partition coefficient (Wildman–Crippen LogP) is 3.41. The van der Waals surface area contributed by atoms with E-state index in [4.69, 9.17) is 17.3 Å². The van der Waals surface area contributed by atoms with E-state index in [0.29, 0.717) is 4.88 Å². The molecule has 0 fully saturated rings. The molecule has 1 heterocycles. The van der Waals surface area contributed by atoms with Crippen molar-refractivity contribution in [2.24, 2.45) is 5.73 Å². The number of carbonyl (C=O) groups is 1. The molecule has 3 nitrogen and oxygen atoms in total. The van der Waals surface area contributed by atoms with Crippen LogP contribution in [0.25, 0.3) is 0 Å². The molecule has 3 N–H and O–H groups in total. The zero-order valence-corrected chi connectivity index (χ0v) is 12.7. The van der Waals surface area contributed by atoms with E-state index in [1.54, 1.807) is 6.07 Å². The zero-order chi connectivity index (χ0) is 15.4. The van der Waals surface area contributed by atoms with Crippen molar-refractivity contribution < 1.29 is 9.18 Å². The fourth-order valence-electron chi connectivity index (χ4n) is 1.62. The summed E-state index contributed by atoms with van der Waals surface area (Å²) in [6, 6.07) is 5.80. The van der Waals surface area contributed by atoms with Crippen molar-refractivity contribution in [2.75, 3.05) is 11.9 Å². The van der Waals surface area contributed by atoms with Crippen molar-refractivity contribution in [1.82, 2.24) is 0 Å². The molecule has 0 saturated heterocycles. The molecular formula is C15H12ClFN2OS. The highest BCUT2D eigenvalue weighted by atomic mass is 35.5. The average Bonchev–Trinajstić information content (AvgIpc) is 2.81. The lowest BCUT2D eigenvalue weighted by Gasteiger charge is -2.04. The first-order valence-electron chi connectivity index (χ1n) is 6.07. The van der Waals surface area contributed by atoms with Crippen LogP contribution in [0.5, 0.6) is 0 Å². The minimum absolute atomic E-state index is 0.0880. The van der Waals surface area contributed by atoms with Gasteiger partial charge in [-0.25, -0.2) is 4.39 Å². The van der Waals surface area contributed by atoms with Crippen LogP contribution in [0.3, 0.4) is 0 Å². The Hall–Kier alpha value is -1.87. The van der Waals surface area contributed by atoms with Crippen LogP contribution in [-0.4, -0.2) is 12.5 Å². The van der Waals surface area contributed by atoms with Crippen LogP contribution in [0.2, 0.25) is 5.02 Å². The lowest BCUT2D eigenvalue weighted by Crippen LogP contribution is -2.11. The molecule has 0 bridgehead atoms. The van der Waals surface area contributed by atoms with E-state index in [2.05, 4.69) is 17.2 Å². The predicted molar refractivity (Wildman–Crippen MR) is 84.4 cm³/mol. The number of anilines is 1. The standard InChI is InChI=1S/C15H12ClFN2OS/c1-9-7-14(21-13(9)3-2-6-18)15(20)19-12-5-4-10(16)8-11(12)17/h4-5,7-8H,6,18H2,1H3,(H,19,20). The van der Waals surface area contributed by atoms with Gasteiger partial charge in [-0.15, -0.1) is 11.3 Å². The first kappa shape index (κ1) is 15.5. The summed E-state index contributed by atoms with van der Waals surface area (Å²) in [5.41, 5.74) is 6.30. The average molecular weight is 323 g/mol. The number of hydrogen-bond acceptors (Lipinski definition) is 3. The van der Waals surface area contributed by atoms with E-state index in [-0.39, 0.29) is 23.2 Å². The molecule has 0 unspecified atom stereocenters. The van der Waals surface area contributed by atoms with E-state index in [1.807, 2.05) is 6.92 Å². The molecule has 0 saturated carbocycles. The minimum Gasteiger partial charge on any atom is -0.320 e. The van der Waals surface area contributed by atoms with E-state index >= 15 is 0 Å². The third-order valence-corrected chi connectivity index (χ3v) is 4.01. The fraction of sp³-hybridized carbons (Fsp3) is 0.133. The summed E-state index contributed by atoms with van der Waals surface area (Å²) in [7, 11) is 0. The largest absolute Gasteiger partial charge is 0.320 e. The second-order valence-electron chi connectivity index (χ2n) is 4.21. The number of halogens is 2.